The Hall–Kier alpha value is -3.80. The van der Waals surface area contributed by atoms with Crippen LogP contribution in [0.4, 0.5) is 17.1 Å². The van der Waals surface area contributed by atoms with Crippen LogP contribution in [0.5, 0.6) is 5.75 Å². The first-order valence-corrected chi connectivity index (χ1v) is 9.62. The molecule has 0 bridgehead atoms. The fourth-order valence-corrected chi connectivity index (χ4v) is 3.34. The van der Waals surface area contributed by atoms with E-state index in [-0.39, 0.29) is 0 Å². The number of methoxy groups -OCH3 is 1. The number of fused-ring (bicyclic) bond motifs is 1. The molecule has 0 aliphatic carbocycles. The van der Waals surface area contributed by atoms with Crippen LogP contribution >= 0.6 is 0 Å². The molecule has 0 fully saturated rings. The number of hydrogen-bond donors (Lipinski definition) is 1. The summed E-state index contributed by atoms with van der Waals surface area (Å²) in [6.45, 7) is 2.53. The zero-order chi connectivity index (χ0) is 21.1. The minimum atomic E-state index is -0.412. The third-order valence-corrected chi connectivity index (χ3v) is 5.13. The topological polar surface area (TPSA) is 63.7 Å². The van der Waals surface area contributed by atoms with Gasteiger partial charge < -0.3 is 19.7 Å². The van der Waals surface area contributed by atoms with Gasteiger partial charge in [-0.05, 0) is 37.3 Å². The summed E-state index contributed by atoms with van der Waals surface area (Å²) in [5, 5.41) is 3.16. The van der Waals surface area contributed by atoms with Crippen molar-refractivity contribution in [3.63, 3.8) is 0 Å². The first kappa shape index (κ1) is 19.5. The van der Waals surface area contributed by atoms with E-state index in [0.29, 0.717) is 17.9 Å². The normalized spacial score (nSPS) is 13.5. The minimum absolute atomic E-state index is 0.412. The van der Waals surface area contributed by atoms with Gasteiger partial charge in [0.25, 0.3) is 0 Å². The van der Waals surface area contributed by atoms with E-state index in [2.05, 4.69) is 58.5 Å². The van der Waals surface area contributed by atoms with E-state index < -0.39 is 5.97 Å². The van der Waals surface area contributed by atoms with Crippen molar-refractivity contribution in [3.8, 4) is 5.75 Å². The fraction of sp³-hybridized carbons (Fsp3) is 0.167. The van der Waals surface area contributed by atoms with E-state index in [1.165, 1.54) is 12.7 Å². The van der Waals surface area contributed by atoms with Gasteiger partial charge in [0, 0.05) is 48.0 Å². The summed E-state index contributed by atoms with van der Waals surface area (Å²) in [6.07, 6.45) is 5.00. The van der Waals surface area contributed by atoms with Crippen molar-refractivity contribution < 1.29 is 14.3 Å². The highest BCUT2D eigenvalue weighted by molar-refractivity contribution is 5.95. The number of rotatable bonds is 5. The molecule has 152 valence electrons. The second-order valence-corrected chi connectivity index (χ2v) is 7.09. The molecule has 0 atom stereocenters. The Balaban J connectivity index is 1.56. The number of ether oxygens (including phenoxy) is 2. The summed E-state index contributed by atoms with van der Waals surface area (Å²) in [6, 6.07) is 16.2. The predicted octanol–water partition coefficient (Wildman–Crippen LogP) is 4.79. The first-order valence-electron chi connectivity index (χ1n) is 9.62. The van der Waals surface area contributed by atoms with Crippen molar-refractivity contribution in [2.75, 3.05) is 31.0 Å². The first-order chi connectivity index (χ1) is 14.6. The minimum Gasteiger partial charge on any atom is -0.488 e. The lowest BCUT2D eigenvalue weighted by Crippen LogP contribution is -2.09. The Kier molecular flexibility index (Phi) is 5.39. The number of aromatic nitrogens is 1. The van der Waals surface area contributed by atoms with Crippen LogP contribution in [0.25, 0.3) is 5.57 Å². The number of aryl methyl sites for hydroxylation is 1. The quantitative estimate of drug-likeness (QED) is 0.620. The van der Waals surface area contributed by atoms with Gasteiger partial charge in [-0.2, -0.15) is 0 Å². The van der Waals surface area contributed by atoms with Gasteiger partial charge in [0.2, 0.25) is 0 Å². The molecular weight excluding hydrogens is 378 g/mol. The average molecular weight is 401 g/mol. The standard InChI is InChI=1S/C24H23N3O3/c1-16-4-6-18(7-5-16)27(2)19-8-9-20-17(15-30-23(20)12-19)13-26-22-14-25-11-10-21(22)24(28)29-3/h4-14,26H,15H2,1-3H3/b17-13+. The van der Waals surface area contributed by atoms with Crippen molar-refractivity contribution in [2.45, 2.75) is 6.92 Å². The third-order valence-electron chi connectivity index (χ3n) is 5.13. The molecule has 2 aromatic carbocycles. The second-order valence-electron chi connectivity index (χ2n) is 7.09. The van der Waals surface area contributed by atoms with Gasteiger partial charge in [0.1, 0.15) is 12.4 Å². The van der Waals surface area contributed by atoms with E-state index in [0.717, 1.165) is 28.3 Å². The number of pyridine rings is 1. The number of nitrogens with zero attached hydrogens (tertiary/aromatic N) is 2. The van der Waals surface area contributed by atoms with Crippen LogP contribution in [0.2, 0.25) is 0 Å². The van der Waals surface area contributed by atoms with E-state index in [9.17, 15) is 4.79 Å². The van der Waals surface area contributed by atoms with Crippen molar-refractivity contribution in [1.82, 2.24) is 4.98 Å². The molecule has 3 aromatic rings. The Morgan fingerprint density at radius 2 is 1.93 bits per heavy atom. The second kappa shape index (κ2) is 8.29. The molecule has 0 radical (unpaired) electrons. The molecule has 1 aliphatic rings. The van der Waals surface area contributed by atoms with Crippen LogP contribution in [0.1, 0.15) is 21.5 Å². The van der Waals surface area contributed by atoms with Gasteiger partial charge in [-0.15, -0.1) is 0 Å². The molecule has 4 rings (SSSR count). The van der Waals surface area contributed by atoms with E-state index in [4.69, 9.17) is 9.47 Å². The maximum atomic E-state index is 11.9. The zero-order valence-electron chi connectivity index (χ0n) is 17.2. The Bertz CT molecular complexity index is 1110. The lowest BCUT2D eigenvalue weighted by Gasteiger charge is -2.20. The summed E-state index contributed by atoms with van der Waals surface area (Å²) in [4.78, 5) is 18.1. The summed E-state index contributed by atoms with van der Waals surface area (Å²) in [5.74, 6) is 0.420. The molecule has 0 spiro atoms. The highest BCUT2D eigenvalue weighted by Gasteiger charge is 2.20. The molecular formula is C24H23N3O3. The molecule has 0 unspecified atom stereocenters. The SMILES string of the molecule is COC(=O)c1ccncc1N/C=C1\COc2cc(N(C)c3ccc(C)cc3)ccc21. The van der Waals surface area contributed by atoms with Gasteiger partial charge in [-0.1, -0.05) is 17.7 Å². The van der Waals surface area contributed by atoms with Crippen LogP contribution in [0.3, 0.4) is 0 Å². The lowest BCUT2D eigenvalue weighted by atomic mass is 10.1. The predicted molar refractivity (Wildman–Crippen MR) is 118 cm³/mol. The van der Waals surface area contributed by atoms with E-state index in [1.54, 1.807) is 18.5 Å². The maximum absolute atomic E-state index is 11.9. The molecule has 2 heterocycles. The van der Waals surface area contributed by atoms with Crippen LogP contribution in [-0.2, 0) is 4.74 Å². The zero-order valence-corrected chi connectivity index (χ0v) is 17.2. The summed E-state index contributed by atoms with van der Waals surface area (Å²) in [5.41, 5.74) is 6.42. The maximum Gasteiger partial charge on any atom is 0.340 e. The molecule has 1 N–H and O–H groups in total. The number of benzene rings is 2. The van der Waals surface area contributed by atoms with Crippen LogP contribution in [0.15, 0.2) is 67.1 Å². The number of carbonyl (C=O) groups excluding carboxylic acids is 1. The molecule has 0 saturated carbocycles. The number of nitrogens with one attached hydrogen (secondary N) is 1. The largest absolute Gasteiger partial charge is 0.488 e. The lowest BCUT2D eigenvalue weighted by molar-refractivity contribution is 0.0601. The smallest absolute Gasteiger partial charge is 0.340 e. The van der Waals surface area contributed by atoms with Gasteiger partial charge in [-0.3, -0.25) is 4.98 Å². The number of hydrogen-bond acceptors (Lipinski definition) is 6. The van der Waals surface area contributed by atoms with Crippen molar-refractivity contribution in [2.24, 2.45) is 0 Å². The number of carbonyl (C=O) groups is 1. The average Bonchev–Trinajstić information content (AvgIpc) is 3.19. The van der Waals surface area contributed by atoms with Crippen molar-refractivity contribution in [1.29, 1.82) is 0 Å². The number of esters is 1. The fourth-order valence-electron chi connectivity index (χ4n) is 3.34. The Labute approximate surface area is 175 Å². The molecule has 1 aromatic heterocycles. The van der Waals surface area contributed by atoms with Crippen molar-refractivity contribution in [3.05, 3.63) is 83.8 Å². The molecule has 30 heavy (non-hydrogen) atoms. The monoisotopic (exact) mass is 401 g/mol. The molecule has 1 aliphatic heterocycles. The van der Waals surface area contributed by atoms with Crippen LogP contribution in [0, 0.1) is 6.92 Å². The molecule has 6 nitrogen and oxygen atoms in total. The van der Waals surface area contributed by atoms with Gasteiger partial charge in [0.05, 0.1) is 24.6 Å². The highest BCUT2D eigenvalue weighted by atomic mass is 16.5. The van der Waals surface area contributed by atoms with E-state index in [1.807, 2.05) is 19.3 Å². The van der Waals surface area contributed by atoms with E-state index >= 15 is 0 Å². The van der Waals surface area contributed by atoms with Gasteiger partial charge in [0.15, 0.2) is 0 Å². The molecule has 6 heteroatoms. The molecule has 0 amide bonds. The van der Waals surface area contributed by atoms with Crippen molar-refractivity contribution >= 4 is 28.6 Å². The summed E-state index contributed by atoms with van der Waals surface area (Å²) < 4.78 is 10.7. The Morgan fingerprint density at radius 1 is 1.17 bits per heavy atom. The summed E-state index contributed by atoms with van der Waals surface area (Å²) >= 11 is 0. The molecule has 0 saturated heterocycles. The number of anilines is 3. The summed E-state index contributed by atoms with van der Waals surface area (Å²) in [7, 11) is 3.40. The van der Waals surface area contributed by atoms with Crippen LogP contribution < -0.4 is 15.0 Å². The third kappa shape index (κ3) is 3.85. The van der Waals surface area contributed by atoms with Gasteiger partial charge in [-0.25, -0.2) is 4.79 Å². The van der Waals surface area contributed by atoms with Crippen LogP contribution in [-0.4, -0.2) is 31.7 Å². The Morgan fingerprint density at radius 3 is 2.70 bits per heavy atom. The van der Waals surface area contributed by atoms with Gasteiger partial charge >= 0.3 is 5.97 Å². The highest BCUT2D eigenvalue weighted by Crippen LogP contribution is 2.37.